The van der Waals surface area contributed by atoms with Gasteiger partial charge in [0, 0.05) is 18.3 Å². The summed E-state index contributed by atoms with van der Waals surface area (Å²) in [6, 6.07) is 4.09. The molecule has 19 heavy (non-hydrogen) atoms. The minimum Gasteiger partial charge on any atom is -0.479 e. The van der Waals surface area contributed by atoms with Crippen molar-refractivity contribution in [2.45, 2.75) is 6.42 Å². The van der Waals surface area contributed by atoms with Gasteiger partial charge in [0.25, 0.3) is 0 Å². The molecule has 0 aliphatic carbocycles. The van der Waals surface area contributed by atoms with Crippen molar-refractivity contribution in [3.63, 3.8) is 0 Å². The quantitative estimate of drug-likeness (QED) is 0.627. The van der Waals surface area contributed by atoms with E-state index in [9.17, 15) is 13.6 Å². The third-order valence-corrected chi connectivity index (χ3v) is 2.50. The SMILES string of the molecule is COc1ncc(Cc2ccc(C=O)c(F)n2)cc1F. The highest BCUT2D eigenvalue weighted by molar-refractivity contribution is 5.74. The minimum absolute atomic E-state index is 0.0980. The predicted octanol–water partition coefficient (Wildman–Crippen LogP) is 2.17. The fourth-order valence-corrected chi connectivity index (χ4v) is 1.59. The summed E-state index contributed by atoms with van der Waals surface area (Å²) in [6.45, 7) is 0. The third-order valence-electron chi connectivity index (χ3n) is 2.50. The van der Waals surface area contributed by atoms with Crippen molar-refractivity contribution in [2.24, 2.45) is 0 Å². The number of pyridine rings is 2. The summed E-state index contributed by atoms with van der Waals surface area (Å²) in [6.07, 6.45) is 2.03. The lowest BCUT2D eigenvalue weighted by Crippen LogP contribution is -2.00. The minimum atomic E-state index is -0.838. The second kappa shape index (κ2) is 5.51. The number of carbonyl (C=O) groups excluding carboxylic acids is 1. The van der Waals surface area contributed by atoms with Gasteiger partial charge in [-0.15, -0.1) is 0 Å². The summed E-state index contributed by atoms with van der Waals surface area (Å²) in [5.74, 6) is -1.53. The Morgan fingerprint density at radius 2 is 2.16 bits per heavy atom. The Morgan fingerprint density at radius 1 is 1.37 bits per heavy atom. The highest BCUT2D eigenvalue weighted by Gasteiger charge is 2.08. The molecule has 0 aliphatic heterocycles. The van der Waals surface area contributed by atoms with Gasteiger partial charge in [0.15, 0.2) is 12.1 Å². The molecule has 0 amide bonds. The van der Waals surface area contributed by atoms with Gasteiger partial charge < -0.3 is 4.74 Å². The van der Waals surface area contributed by atoms with Crippen LogP contribution in [0.15, 0.2) is 24.4 Å². The van der Waals surface area contributed by atoms with Crippen molar-refractivity contribution in [1.29, 1.82) is 0 Å². The van der Waals surface area contributed by atoms with Gasteiger partial charge in [-0.25, -0.2) is 14.4 Å². The summed E-state index contributed by atoms with van der Waals surface area (Å²) in [4.78, 5) is 17.9. The Labute approximate surface area is 108 Å². The maximum atomic E-state index is 13.4. The first-order valence-electron chi connectivity index (χ1n) is 5.43. The van der Waals surface area contributed by atoms with E-state index in [1.54, 1.807) is 0 Å². The standard InChI is InChI=1S/C13H10F2N2O2/c1-19-13-11(14)5-8(6-16-13)4-10-3-2-9(7-18)12(15)17-10/h2-3,5-7H,4H2,1H3. The monoisotopic (exact) mass is 264 g/mol. The van der Waals surface area contributed by atoms with E-state index in [1.807, 2.05) is 0 Å². The fourth-order valence-electron chi connectivity index (χ4n) is 1.59. The van der Waals surface area contributed by atoms with Gasteiger partial charge in [0.1, 0.15) is 0 Å². The van der Waals surface area contributed by atoms with Gasteiger partial charge in [-0.3, -0.25) is 4.79 Å². The maximum Gasteiger partial charge on any atom is 0.250 e. The van der Waals surface area contributed by atoms with Crippen molar-refractivity contribution in [2.75, 3.05) is 7.11 Å². The van der Waals surface area contributed by atoms with Crippen LogP contribution in [0.25, 0.3) is 0 Å². The van der Waals surface area contributed by atoms with Gasteiger partial charge in [-0.2, -0.15) is 4.39 Å². The Bertz CT molecular complexity index is 618. The van der Waals surface area contributed by atoms with Crippen LogP contribution in [0.4, 0.5) is 8.78 Å². The molecule has 0 atom stereocenters. The van der Waals surface area contributed by atoms with Crippen molar-refractivity contribution >= 4 is 6.29 Å². The molecule has 0 fully saturated rings. The summed E-state index contributed by atoms with van der Waals surface area (Å²) < 4.78 is 31.4. The van der Waals surface area contributed by atoms with Crippen molar-refractivity contribution < 1.29 is 18.3 Å². The molecule has 0 aliphatic rings. The number of methoxy groups -OCH3 is 1. The van der Waals surface area contributed by atoms with Crippen molar-refractivity contribution in [3.05, 3.63) is 53.0 Å². The van der Waals surface area contributed by atoms with E-state index in [4.69, 9.17) is 4.74 Å². The second-order valence-corrected chi connectivity index (χ2v) is 3.81. The first-order chi connectivity index (χ1) is 9.13. The zero-order valence-electron chi connectivity index (χ0n) is 10.1. The van der Waals surface area contributed by atoms with Crippen LogP contribution in [0.3, 0.4) is 0 Å². The highest BCUT2D eigenvalue weighted by atomic mass is 19.1. The van der Waals surface area contributed by atoms with Crippen LogP contribution >= 0.6 is 0 Å². The van der Waals surface area contributed by atoms with Crippen molar-refractivity contribution in [3.8, 4) is 5.88 Å². The number of ether oxygens (including phenoxy) is 1. The molecule has 2 heterocycles. The first-order valence-corrected chi connectivity index (χ1v) is 5.43. The first kappa shape index (κ1) is 13.1. The molecule has 2 aromatic heterocycles. The van der Waals surface area contributed by atoms with Gasteiger partial charge in [-0.05, 0) is 23.8 Å². The van der Waals surface area contributed by atoms with Crippen LogP contribution < -0.4 is 4.74 Å². The molecule has 0 saturated carbocycles. The molecule has 0 bridgehead atoms. The lowest BCUT2D eigenvalue weighted by atomic mass is 10.1. The fraction of sp³-hybridized carbons (Fsp3) is 0.154. The number of carbonyl (C=O) groups is 1. The molecule has 98 valence electrons. The summed E-state index contributed by atoms with van der Waals surface area (Å²) >= 11 is 0. The number of hydrogen-bond donors (Lipinski definition) is 0. The van der Waals surface area contributed by atoms with Gasteiger partial charge in [-0.1, -0.05) is 0 Å². The summed E-state index contributed by atoms with van der Waals surface area (Å²) in [7, 11) is 1.32. The predicted molar refractivity (Wildman–Crippen MR) is 63.1 cm³/mol. The van der Waals surface area contributed by atoms with Crippen LogP contribution in [0.2, 0.25) is 0 Å². The summed E-state index contributed by atoms with van der Waals surface area (Å²) in [5, 5.41) is 0. The molecule has 6 heteroatoms. The Morgan fingerprint density at radius 3 is 2.74 bits per heavy atom. The topological polar surface area (TPSA) is 52.1 Å². The van der Waals surface area contributed by atoms with E-state index in [0.29, 0.717) is 17.5 Å². The molecule has 0 saturated heterocycles. The number of hydrogen-bond acceptors (Lipinski definition) is 4. The molecule has 0 radical (unpaired) electrons. The zero-order chi connectivity index (χ0) is 13.8. The molecule has 2 aromatic rings. The molecule has 0 aromatic carbocycles. The average molecular weight is 264 g/mol. The van der Waals surface area contributed by atoms with Gasteiger partial charge in [0.2, 0.25) is 11.8 Å². The van der Waals surface area contributed by atoms with E-state index in [-0.39, 0.29) is 17.9 Å². The van der Waals surface area contributed by atoms with E-state index in [2.05, 4.69) is 9.97 Å². The Kier molecular flexibility index (Phi) is 3.79. The average Bonchev–Trinajstić information content (AvgIpc) is 2.39. The van der Waals surface area contributed by atoms with Gasteiger partial charge in [0.05, 0.1) is 12.7 Å². The molecule has 4 nitrogen and oxygen atoms in total. The number of halogens is 2. The molecule has 2 rings (SSSR count). The highest BCUT2D eigenvalue weighted by Crippen LogP contribution is 2.16. The molecule has 0 unspecified atom stereocenters. The Balaban J connectivity index is 2.23. The Hall–Kier alpha value is -2.37. The zero-order valence-corrected chi connectivity index (χ0v) is 10.1. The molecular formula is C13H10F2N2O2. The number of aromatic nitrogens is 2. The van der Waals surface area contributed by atoms with E-state index in [1.165, 1.54) is 31.5 Å². The van der Waals surface area contributed by atoms with Crippen LogP contribution in [0, 0.1) is 11.8 Å². The van der Waals surface area contributed by atoms with Gasteiger partial charge >= 0.3 is 0 Å². The molecular weight excluding hydrogens is 254 g/mol. The largest absolute Gasteiger partial charge is 0.479 e. The number of aldehydes is 1. The van der Waals surface area contributed by atoms with Crippen LogP contribution in [0.1, 0.15) is 21.6 Å². The second-order valence-electron chi connectivity index (χ2n) is 3.81. The van der Waals surface area contributed by atoms with E-state index >= 15 is 0 Å². The smallest absolute Gasteiger partial charge is 0.250 e. The lowest BCUT2D eigenvalue weighted by molar-refractivity contribution is 0.111. The van der Waals surface area contributed by atoms with Crippen LogP contribution in [-0.4, -0.2) is 23.4 Å². The van der Waals surface area contributed by atoms with E-state index in [0.717, 1.165) is 0 Å². The molecule has 0 spiro atoms. The summed E-state index contributed by atoms with van der Waals surface area (Å²) in [5.41, 5.74) is 0.807. The maximum absolute atomic E-state index is 13.4. The van der Waals surface area contributed by atoms with Crippen LogP contribution in [-0.2, 0) is 6.42 Å². The lowest BCUT2D eigenvalue weighted by Gasteiger charge is -2.04. The number of nitrogens with zero attached hydrogens (tertiary/aromatic N) is 2. The van der Waals surface area contributed by atoms with E-state index < -0.39 is 11.8 Å². The normalized spacial score (nSPS) is 10.3. The van der Waals surface area contributed by atoms with Crippen LogP contribution in [0.5, 0.6) is 5.88 Å². The molecule has 0 N–H and O–H groups in total. The van der Waals surface area contributed by atoms with Crippen molar-refractivity contribution in [1.82, 2.24) is 9.97 Å². The number of rotatable bonds is 4. The third kappa shape index (κ3) is 2.90.